The Morgan fingerprint density at radius 1 is 1.15 bits per heavy atom. The van der Waals surface area contributed by atoms with Crippen LogP contribution in [0.5, 0.6) is 5.75 Å². The number of aliphatic hydroxyl groups is 1. The minimum absolute atomic E-state index is 0.0140. The zero-order chi connectivity index (χ0) is 18.7. The molecule has 4 nitrogen and oxygen atoms in total. The van der Waals surface area contributed by atoms with Crippen LogP contribution < -0.4 is 4.74 Å². The fraction of sp³-hybridized carbons (Fsp3) is 0.409. The molecule has 1 aliphatic carbocycles. The van der Waals surface area contributed by atoms with Gasteiger partial charge in [0.1, 0.15) is 5.75 Å². The van der Waals surface area contributed by atoms with Gasteiger partial charge in [-0.15, -0.1) is 0 Å². The number of aliphatic hydroxyl groups excluding tert-OH is 1. The summed E-state index contributed by atoms with van der Waals surface area (Å²) in [5.74, 6) is 0.624. The molecule has 0 aliphatic heterocycles. The first-order valence-electron chi connectivity index (χ1n) is 9.21. The molecule has 1 fully saturated rings. The van der Waals surface area contributed by atoms with Gasteiger partial charge >= 0.3 is 0 Å². The molecule has 0 radical (unpaired) electrons. The first-order chi connectivity index (χ1) is 12.5. The molecule has 1 atom stereocenters. The van der Waals surface area contributed by atoms with Crippen LogP contribution in [0.25, 0.3) is 0 Å². The van der Waals surface area contributed by atoms with Gasteiger partial charge in [0.05, 0.1) is 6.61 Å². The van der Waals surface area contributed by atoms with Gasteiger partial charge in [-0.2, -0.15) is 0 Å². The number of carbonyl (C=O) groups is 1. The van der Waals surface area contributed by atoms with Crippen molar-refractivity contribution in [3.8, 4) is 5.75 Å². The Kier molecular flexibility index (Phi) is 5.62. The number of hydrogen-bond acceptors (Lipinski definition) is 3. The van der Waals surface area contributed by atoms with Gasteiger partial charge in [-0.25, -0.2) is 0 Å². The maximum absolute atomic E-state index is 13.0. The molecular weight excluding hydrogens is 326 g/mol. The van der Waals surface area contributed by atoms with E-state index < -0.39 is 6.10 Å². The van der Waals surface area contributed by atoms with Crippen molar-refractivity contribution < 1.29 is 14.6 Å². The third-order valence-corrected chi connectivity index (χ3v) is 4.94. The molecule has 0 unspecified atom stereocenters. The van der Waals surface area contributed by atoms with Crippen LogP contribution in [0, 0.1) is 13.8 Å². The summed E-state index contributed by atoms with van der Waals surface area (Å²) in [4.78, 5) is 14.9. The smallest absolute Gasteiger partial charge is 0.263 e. The van der Waals surface area contributed by atoms with Crippen molar-refractivity contribution in [1.29, 1.82) is 0 Å². The van der Waals surface area contributed by atoms with Gasteiger partial charge in [-0.05, 0) is 68.0 Å². The molecule has 0 aromatic heterocycles. The highest BCUT2D eigenvalue weighted by atomic mass is 16.5. The van der Waals surface area contributed by atoms with Crippen LogP contribution in [-0.2, 0) is 17.9 Å². The van der Waals surface area contributed by atoms with E-state index in [1.165, 1.54) is 11.1 Å². The molecule has 0 spiro atoms. The van der Waals surface area contributed by atoms with Gasteiger partial charge in [0.2, 0.25) is 0 Å². The van der Waals surface area contributed by atoms with Gasteiger partial charge in [0.15, 0.2) is 6.10 Å². The molecule has 1 N–H and O–H groups in total. The summed E-state index contributed by atoms with van der Waals surface area (Å²) in [6, 6.07) is 13.9. The lowest BCUT2D eigenvalue weighted by atomic mass is 10.1. The molecule has 0 heterocycles. The second kappa shape index (κ2) is 7.92. The quantitative estimate of drug-likeness (QED) is 0.825. The minimum atomic E-state index is -0.559. The van der Waals surface area contributed by atoms with Gasteiger partial charge in [-0.1, -0.05) is 30.3 Å². The summed E-state index contributed by atoms with van der Waals surface area (Å²) in [6.07, 6.45) is 1.56. The summed E-state index contributed by atoms with van der Waals surface area (Å²) in [7, 11) is 0. The number of rotatable bonds is 7. The minimum Gasteiger partial charge on any atom is -0.481 e. The van der Waals surface area contributed by atoms with E-state index >= 15 is 0 Å². The second-order valence-electron chi connectivity index (χ2n) is 7.18. The first-order valence-corrected chi connectivity index (χ1v) is 9.21. The number of hydrogen-bond donors (Lipinski definition) is 1. The number of nitrogens with zero attached hydrogens (tertiary/aromatic N) is 1. The van der Waals surface area contributed by atoms with E-state index in [9.17, 15) is 9.90 Å². The molecule has 0 bridgehead atoms. The van der Waals surface area contributed by atoms with Crippen molar-refractivity contribution in [2.45, 2.75) is 58.9 Å². The standard InChI is InChI=1S/C22H27NO3/c1-15-7-8-18(11-16(15)2)13-23(20-9-10-20)22(25)17(3)26-21-6-4-5-19(12-21)14-24/h4-8,11-12,17,20,24H,9-10,13-14H2,1-3H3/t17-/m1/s1. The Labute approximate surface area is 155 Å². The Morgan fingerprint density at radius 2 is 1.92 bits per heavy atom. The normalized spacial score (nSPS) is 14.8. The third-order valence-electron chi connectivity index (χ3n) is 4.94. The summed E-state index contributed by atoms with van der Waals surface area (Å²) in [6.45, 7) is 6.57. The summed E-state index contributed by atoms with van der Waals surface area (Å²) in [5, 5.41) is 9.25. The highest BCUT2D eigenvalue weighted by Gasteiger charge is 2.35. The highest BCUT2D eigenvalue weighted by molar-refractivity contribution is 5.81. The van der Waals surface area contributed by atoms with Crippen LogP contribution in [-0.4, -0.2) is 28.1 Å². The Balaban J connectivity index is 1.70. The van der Waals surface area contributed by atoms with E-state index in [0.717, 1.165) is 24.0 Å². The van der Waals surface area contributed by atoms with E-state index in [1.807, 2.05) is 23.1 Å². The lowest BCUT2D eigenvalue weighted by Gasteiger charge is -2.26. The molecule has 4 heteroatoms. The Bertz CT molecular complexity index is 783. The molecule has 26 heavy (non-hydrogen) atoms. The predicted octanol–water partition coefficient (Wildman–Crippen LogP) is 3.75. The number of amides is 1. The van der Waals surface area contributed by atoms with E-state index in [2.05, 4.69) is 32.0 Å². The predicted molar refractivity (Wildman–Crippen MR) is 102 cm³/mol. The van der Waals surface area contributed by atoms with Crippen LogP contribution in [0.3, 0.4) is 0 Å². The number of carbonyl (C=O) groups excluding carboxylic acids is 1. The fourth-order valence-corrected chi connectivity index (χ4v) is 3.08. The van der Waals surface area contributed by atoms with Crippen LogP contribution in [0.1, 0.15) is 42.0 Å². The van der Waals surface area contributed by atoms with Gasteiger partial charge in [0, 0.05) is 12.6 Å². The summed E-state index contributed by atoms with van der Waals surface area (Å²) in [5.41, 5.74) is 4.44. The number of benzene rings is 2. The molecule has 1 amide bonds. The van der Waals surface area contributed by atoms with E-state index in [1.54, 1.807) is 13.0 Å². The van der Waals surface area contributed by atoms with Crippen molar-refractivity contribution in [2.75, 3.05) is 0 Å². The van der Waals surface area contributed by atoms with Crippen LogP contribution >= 0.6 is 0 Å². The average molecular weight is 353 g/mol. The van der Waals surface area contributed by atoms with Gasteiger partial charge in [0.25, 0.3) is 5.91 Å². The maximum atomic E-state index is 13.0. The van der Waals surface area contributed by atoms with Crippen molar-refractivity contribution in [3.05, 3.63) is 64.7 Å². The second-order valence-corrected chi connectivity index (χ2v) is 7.18. The van der Waals surface area contributed by atoms with Crippen LogP contribution in [0.4, 0.5) is 0 Å². The summed E-state index contributed by atoms with van der Waals surface area (Å²) >= 11 is 0. The van der Waals surface area contributed by atoms with Gasteiger partial charge in [-0.3, -0.25) is 4.79 Å². The zero-order valence-corrected chi connectivity index (χ0v) is 15.7. The largest absolute Gasteiger partial charge is 0.481 e. The number of ether oxygens (including phenoxy) is 1. The van der Waals surface area contributed by atoms with Gasteiger partial charge < -0.3 is 14.7 Å². The maximum Gasteiger partial charge on any atom is 0.263 e. The topological polar surface area (TPSA) is 49.8 Å². The molecule has 0 saturated heterocycles. The molecule has 1 saturated carbocycles. The molecular formula is C22H27NO3. The number of aryl methyl sites for hydroxylation is 2. The molecule has 2 aromatic carbocycles. The first kappa shape index (κ1) is 18.5. The monoisotopic (exact) mass is 353 g/mol. The third kappa shape index (κ3) is 4.44. The molecule has 138 valence electrons. The van der Waals surface area contributed by atoms with E-state index in [0.29, 0.717) is 18.3 Å². The van der Waals surface area contributed by atoms with Crippen molar-refractivity contribution in [2.24, 2.45) is 0 Å². The van der Waals surface area contributed by atoms with E-state index in [-0.39, 0.29) is 12.5 Å². The Hall–Kier alpha value is -2.33. The average Bonchev–Trinajstić information content (AvgIpc) is 3.47. The Morgan fingerprint density at radius 3 is 2.58 bits per heavy atom. The van der Waals surface area contributed by atoms with Crippen molar-refractivity contribution >= 4 is 5.91 Å². The molecule has 2 aromatic rings. The fourth-order valence-electron chi connectivity index (χ4n) is 3.08. The molecule has 3 rings (SSSR count). The summed E-state index contributed by atoms with van der Waals surface area (Å²) < 4.78 is 5.86. The zero-order valence-electron chi connectivity index (χ0n) is 15.7. The molecule has 1 aliphatic rings. The van der Waals surface area contributed by atoms with E-state index in [4.69, 9.17) is 4.74 Å². The van der Waals surface area contributed by atoms with Crippen molar-refractivity contribution in [1.82, 2.24) is 4.90 Å². The SMILES string of the molecule is Cc1ccc(CN(C(=O)[C@@H](C)Oc2cccc(CO)c2)C2CC2)cc1C. The lowest BCUT2D eigenvalue weighted by molar-refractivity contribution is -0.139. The van der Waals surface area contributed by atoms with Crippen LogP contribution in [0.2, 0.25) is 0 Å². The highest BCUT2D eigenvalue weighted by Crippen LogP contribution is 2.30. The van der Waals surface area contributed by atoms with Crippen molar-refractivity contribution in [3.63, 3.8) is 0 Å². The lowest BCUT2D eigenvalue weighted by Crippen LogP contribution is -2.41. The van der Waals surface area contributed by atoms with Crippen LogP contribution in [0.15, 0.2) is 42.5 Å².